The highest BCUT2D eigenvalue weighted by Crippen LogP contribution is 2.08. The largest absolute Gasteiger partial charge is 0.334 e. The van der Waals surface area contributed by atoms with Crippen molar-refractivity contribution in [3.05, 3.63) is 77.6 Å². The van der Waals surface area contributed by atoms with Gasteiger partial charge in [-0.1, -0.05) is 42.5 Å². The first-order valence-corrected chi connectivity index (χ1v) is 7.96. The topological polar surface area (TPSA) is 23.6 Å². The lowest BCUT2D eigenvalue weighted by Gasteiger charge is -2.23. The molecule has 2 aromatic rings. The number of hydrogen-bond donors (Lipinski definition) is 0. The molecule has 0 bridgehead atoms. The van der Waals surface area contributed by atoms with E-state index in [-0.39, 0.29) is 11.7 Å². The fourth-order valence-corrected chi connectivity index (χ4v) is 2.24. The van der Waals surface area contributed by atoms with Gasteiger partial charge in [0.25, 0.3) is 0 Å². The monoisotopic (exact) mass is 326 g/mol. The van der Waals surface area contributed by atoms with Crippen molar-refractivity contribution in [2.24, 2.45) is 0 Å². The summed E-state index contributed by atoms with van der Waals surface area (Å²) in [6.07, 6.45) is 3.27. The first kappa shape index (κ1) is 17.9. The smallest absolute Gasteiger partial charge is 0.246 e. The van der Waals surface area contributed by atoms with Crippen molar-refractivity contribution < 1.29 is 9.18 Å². The highest BCUT2D eigenvalue weighted by atomic mass is 19.1. The van der Waals surface area contributed by atoms with Crippen LogP contribution in [0.2, 0.25) is 0 Å². The highest BCUT2D eigenvalue weighted by molar-refractivity contribution is 5.91. The van der Waals surface area contributed by atoms with Crippen molar-refractivity contribution in [2.45, 2.75) is 6.54 Å². The summed E-state index contributed by atoms with van der Waals surface area (Å²) < 4.78 is 12.9. The van der Waals surface area contributed by atoms with Crippen LogP contribution in [0.1, 0.15) is 11.1 Å². The molecule has 0 aliphatic carbocycles. The van der Waals surface area contributed by atoms with E-state index in [1.807, 2.05) is 49.3 Å². The second-order valence-electron chi connectivity index (χ2n) is 5.93. The van der Waals surface area contributed by atoms with Crippen molar-refractivity contribution in [3.63, 3.8) is 0 Å². The zero-order valence-electron chi connectivity index (χ0n) is 14.2. The van der Waals surface area contributed by atoms with Crippen LogP contribution < -0.4 is 0 Å². The lowest BCUT2D eigenvalue weighted by molar-refractivity contribution is -0.126. The Morgan fingerprint density at radius 2 is 1.67 bits per heavy atom. The lowest BCUT2D eigenvalue weighted by Crippen LogP contribution is -2.35. The van der Waals surface area contributed by atoms with Crippen LogP contribution in [-0.4, -0.2) is 42.9 Å². The molecule has 0 spiro atoms. The third kappa shape index (κ3) is 5.97. The van der Waals surface area contributed by atoms with E-state index in [1.165, 1.54) is 12.1 Å². The van der Waals surface area contributed by atoms with Crippen LogP contribution in [0.15, 0.2) is 60.7 Å². The van der Waals surface area contributed by atoms with Gasteiger partial charge in [0.2, 0.25) is 5.91 Å². The second-order valence-corrected chi connectivity index (χ2v) is 5.93. The quantitative estimate of drug-likeness (QED) is 0.728. The molecule has 0 atom stereocenters. The predicted molar refractivity (Wildman–Crippen MR) is 95.8 cm³/mol. The van der Waals surface area contributed by atoms with E-state index in [0.29, 0.717) is 13.1 Å². The Kier molecular flexibility index (Phi) is 6.70. The molecule has 1 amide bonds. The Balaban J connectivity index is 2.06. The summed E-state index contributed by atoms with van der Waals surface area (Å²) in [5.41, 5.74) is 1.90. The molecule has 0 aliphatic rings. The number of hydrogen-bond acceptors (Lipinski definition) is 2. The van der Waals surface area contributed by atoms with Gasteiger partial charge >= 0.3 is 0 Å². The van der Waals surface area contributed by atoms with Gasteiger partial charge in [-0.25, -0.2) is 4.39 Å². The number of halogens is 1. The summed E-state index contributed by atoms with van der Waals surface area (Å²) >= 11 is 0. The van der Waals surface area contributed by atoms with Crippen LogP contribution in [0.25, 0.3) is 6.08 Å². The van der Waals surface area contributed by atoms with Crippen molar-refractivity contribution in [1.29, 1.82) is 0 Å². The van der Waals surface area contributed by atoms with E-state index in [4.69, 9.17) is 0 Å². The number of carbonyl (C=O) groups excluding carboxylic acids is 1. The van der Waals surface area contributed by atoms with Gasteiger partial charge in [0.1, 0.15) is 5.82 Å². The number of benzene rings is 2. The lowest BCUT2D eigenvalue weighted by atomic mass is 10.2. The molecule has 2 aromatic carbocycles. The van der Waals surface area contributed by atoms with Crippen LogP contribution in [0.3, 0.4) is 0 Å². The SMILES string of the molecule is CN(C)CCN(Cc1ccccc1)C(=O)/C=C/c1ccc(F)cc1. The van der Waals surface area contributed by atoms with E-state index in [9.17, 15) is 9.18 Å². The first-order valence-electron chi connectivity index (χ1n) is 7.96. The predicted octanol–water partition coefficient (Wildman–Crippen LogP) is 3.43. The summed E-state index contributed by atoms with van der Waals surface area (Å²) in [5.74, 6) is -0.333. The van der Waals surface area contributed by atoms with Crippen LogP contribution in [0, 0.1) is 5.82 Å². The number of amides is 1. The van der Waals surface area contributed by atoms with Crippen molar-refractivity contribution >= 4 is 12.0 Å². The minimum absolute atomic E-state index is 0.0509. The van der Waals surface area contributed by atoms with Crippen molar-refractivity contribution in [1.82, 2.24) is 9.80 Å². The molecule has 0 aromatic heterocycles. The number of rotatable bonds is 7. The van der Waals surface area contributed by atoms with Gasteiger partial charge in [-0.2, -0.15) is 0 Å². The van der Waals surface area contributed by atoms with Gasteiger partial charge in [-0.15, -0.1) is 0 Å². The van der Waals surface area contributed by atoms with E-state index in [2.05, 4.69) is 4.90 Å². The van der Waals surface area contributed by atoms with Crippen molar-refractivity contribution in [2.75, 3.05) is 27.2 Å². The molecule has 24 heavy (non-hydrogen) atoms. The van der Waals surface area contributed by atoms with E-state index < -0.39 is 0 Å². The Morgan fingerprint density at radius 3 is 2.29 bits per heavy atom. The van der Waals surface area contributed by atoms with Gasteiger partial charge in [-0.3, -0.25) is 4.79 Å². The van der Waals surface area contributed by atoms with Gasteiger partial charge in [0, 0.05) is 25.7 Å². The standard InChI is InChI=1S/C20H23FN2O/c1-22(2)14-15-23(16-18-6-4-3-5-7-18)20(24)13-10-17-8-11-19(21)12-9-17/h3-13H,14-16H2,1-2H3/b13-10+. The third-order valence-electron chi connectivity index (χ3n) is 3.63. The van der Waals surface area contributed by atoms with Gasteiger partial charge in [0.15, 0.2) is 0 Å². The number of likely N-dealkylation sites (N-methyl/N-ethyl adjacent to an activating group) is 1. The van der Waals surface area contributed by atoms with E-state index in [1.54, 1.807) is 24.3 Å². The molecule has 2 rings (SSSR count). The van der Waals surface area contributed by atoms with Gasteiger partial charge < -0.3 is 9.80 Å². The van der Waals surface area contributed by atoms with Gasteiger partial charge in [-0.05, 0) is 43.4 Å². The van der Waals surface area contributed by atoms with Gasteiger partial charge in [0.05, 0.1) is 0 Å². The molecule has 0 saturated heterocycles. The molecule has 0 aliphatic heterocycles. The maximum absolute atomic E-state index is 12.9. The first-order chi connectivity index (χ1) is 11.5. The summed E-state index contributed by atoms with van der Waals surface area (Å²) in [6, 6.07) is 16.0. The Bertz CT molecular complexity index is 666. The molecule has 0 heterocycles. The number of nitrogens with zero attached hydrogens (tertiary/aromatic N) is 2. The Labute approximate surface area is 143 Å². The molecule has 126 valence electrons. The summed E-state index contributed by atoms with van der Waals surface area (Å²) in [5, 5.41) is 0. The van der Waals surface area contributed by atoms with Crippen LogP contribution in [0.4, 0.5) is 4.39 Å². The summed E-state index contributed by atoms with van der Waals surface area (Å²) in [6.45, 7) is 2.01. The molecular formula is C20H23FN2O. The minimum Gasteiger partial charge on any atom is -0.334 e. The molecular weight excluding hydrogens is 303 g/mol. The normalized spacial score (nSPS) is 11.2. The average molecular weight is 326 g/mol. The molecule has 0 fully saturated rings. The minimum atomic E-state index is -0.282. The molecule has 0 radical (unpaired) electrons. The van der Waals surface area contributed by atoms with E-state index >= 15 is 0 Å². The second kappa shape index (κ2) is 8.99. The van der Waals surface area contributed by atoms with Crippen LogP contribution >= 0.6 is 0 Å². The van der Waals surface area contributed by atoms with Crippen LogP contribution in [0.5, 0.6) is 0 Å². The van der Waals surface area contributed by atoms with Crippen molar-refractivity contribution in [3.8, 4) is 0 Å². The molecule has 0 unspecified atom stereocenters. The summed E-state index contributed by atoms with van der Waals surface area (Å²) in [4.78, 5) is 16.4. The molecule has 0 saturated carbocycles. The maximum atomic E-state index is 12.9. The maximum Gasteiger partial charge on any atom is 0.246 e. The fraction of sp³-hybridized carbons (Fsp3) is 0.250. The number of carbonyl (C=O) groups is 1. The zero-order valence-corrected chi connectivity index (χ0v) is 14.2. The Morgan fingerprint density at radius 1 is 1.00 bits per heavy atom. The van der Waals surface area contributed by atoms with E-state index in [0.717, 1.165) is 17.7 Å². The average Bonchev–Trinajstić information content (AvgIpc) is 2.58. The van der Waals surface area contributed by atoms with Crippen LogP contribution in [-0.2, 0) is 11.3 Å². The molecule has 4 heteroatoms. The molecule has 3 nitrogen and oxygen atoms in total. The Hall–Kier alpha value is -2.46. The molecule has 0 N–H and O–H groups in total. The third-order valence-corrected chi connectivity index (χ3v) is 3.63. The zero-order chi connectivity index (χ0) is 17.4. The highest BCUT2D eigenvalue weighted by Gasteiger charge is 2.11. The summed E-state index contributed by atoms with van der Waals surface area (Å²) in [7, 11) is 3.97. The fourth-order valence-electron chi connectivity index (χ4n) is 2.24.